The Kier molecular flexibility index (Phi) is 2.63. The van der Waals surface area contributed by atoms with Crippen LogP contribution in [0, 0.1) is 6.92 Å². The summed E-state index contributed by atoms with van der Waals surface area (Å²) in [5, 5.41) is 3.10. The molecule has 2 aromatic rings. The molecule has 2 aromatic heterocycles. The molecule has 0 aliphatic rings. The van der Waals surface area contributed by atoms with E-state index in [4.69, 9.17) is 0 Å². The van der Waals surface area contributed by atoms with E-state index in [1.165, 1.54) is 0 Å². The largest absolute Gasteiger partial charge is 0.388 e. The minimum Gasteiger partial charge on any atom is -0.388 e. The van der Waals surface area contributed by atoms with Crippen LogP contribution >= 0.6 is 0 Å². The lowest BCUT2D eigenvalue weighted by atomic mass is 10.1. The molecule has 0 fully saturated rings. The highest BCUT2D eigenvalue weighted by Gasteiger charge is 2.02. The van der Waals surface area contributed by atoms with E-state index in [1.54, 1.807) is 12.4 Å². The first-order valence-corrected chi connectivity index (χ1v) is 4.86. The Morgan fingerprint density at radius 3 is 2.80 bits per heavy atom. The van der Waals surface area contributed by atoms with E-state index in [0.29, 0.717) is 0 Å². The number of nitrogens with one attached hydrogen (secondary N) is 1. The maximum Gasteiger partial charge on any atom is 0.0726 e. The van der Waals surface area contributed by atoms with Crippen LogP contribution < -0.4 is 5.32 Å². The van der Waals surface area contributed by atoms with Crippen LogP contribution in [0.25, 0.3) is 11.3 Å². The SMILES string of the molecule is CNc1ccnc(-c2ccncc2C)c1. The van der Waals surface area contributed by atoms with Crippen LogP contribution in [-0.4, -0.2) is 17.0 Å². The summed E-state index contributed by atoms with van der Waals surface area (Å²) in [5.41, 5.74) is 4.30. The third-order valence-corrected chi connectivity index (χ3v) is 2.34. The molecule has 15 heavy (non-hydrogen) atoms. The summed E-state index contributed by atoms with van der Waals surface area (Å²) in [7, 11) is 1.90. The molecule has 3 nitrogen and oxygen atoms in total. The molecule has 2 rings (SSSR count). The molecule has 0 aromatic carbocycles. The van der Waals surface area contributed by atoms with Gasteiger partial charge in [0, 0.05) is 36.9 Å². The van der Waals surface area contributed by atoms with Crippen molar-refractivity contribution in [3.05, 3.63) is 42.4 Å². The van der Waals surface area contributed by atoms with E-state index in [0.717, 1.165) is 22.5 Å². The molecule has 76 valence electrons. The molecule has 0 spiro atoms. The van der Waals surface area contributed by atoms with Crippen LogP contribution in [0.4, 0.5) is 5.69 Å². The Morgan fingerprint density at radius 2 is 2.07 bits per heavy atom. The normalized spacial score (nSPS) is 10.0. The fourth-order valence-electron chi connectivity index (χ4n) is 1.49. The molecule has 0 saturated carbocycles. The van der Waals surface area contributed by atoms with Crippen molar-refractivity contribution >= 4 is 5.69 Å². The number of nitrogens with zero attached hydrogens (tertiary/aromatic N) is 2. The van der Waals surface area contributed by atoms with Crippen molar-refractivity contribution in [2.24, 2.45) is 0 Å². The van der Waals surface area contributed by atoms with Crippen LogP contribution in [0.5, 0.6) is 0 Å². The predicted octanol–water partition coefficient (Wildman–Crippen LogP) is 2.49. The third-order valence-electron chi connectivity index (χ3n) is 2.34. The minimum absolute atomic E-state index is 0.974. The number of hydrogen-bond acceptors (Lipinski definition) is 3. The number of rotatable bonds is 2. The summed E-state index contributed by atoms with van der Waals surface area (Å²) in [6.07, 6.45) is 5.44. The molecule has 0 aliphatic carbocycles. The highest BCUT2D eigenvalue weighted by atomic mass is 14.8. The Morgan fingerprint density at radius 1 is 1.20 bits per heavy atom. The Hall–Kier alpha value is -1.90. The molecular weight excluding hydrogens is 186 g/mol. The molecule has 0 saturated heterocycles. The summed E-state index contributed by atoms with van der Waals surface area (Å²) >= 11 is 0. The molecule has 0 unspecified atom stereocenters. The lowest BCUT2D eigenvalue weighted by molar-refractivity contribution is 1.24. The standard InChI is InChI=1S/C12H13N3/c1-9-8-14-5-4-11(9)12-7-10(13-2)3-6-15-12/h3-8H,1-2H3,(H,13,15). The van der Waals surface area contributed by atoms with E-state index in [2.05, 4.69) is 15.3 Å². The van der Waals surface area contributed by atoms with Crippen molar-refractivity contribution in [2.45, 2.75) is 6.92 Å². The van der Waals surface area contributed by atoms with Gasteiger partial charge in [-0.15, -0.1) is 0 Å². The van der Waals surface area contributed by atoms with Gasteiger partial charge in [0.1, 0.15) is 0 Å². The lowest BCUT2D eigenvalue weighted by Crippen LogP contribution is -1.92. The Balaban J connectivity index is 2.49. The molecular formula is C12H13N3. The van der Waals surface area contributed by atoms with Gasteiger partial charge in [0.25, 0.3) is 0 Å². The van der Waals surface area contributed by atoms with E-state index < -0.39 is 0 Å². The van der Waals surface area contributed by atoms with Gasteiger partial charge < -0.3 is 5.32 Å². The monoisotopic (exact) mass is 199 g/mol. The number of pyridine rings is 2. The van der Waals surface area contributed by atoms with Crippen LogP contribution in [-0.2, 0) is 0 Å². The fraction of sp³-hybridized carbons (Fsp3) is 0.167. The van der Waals surface area contributed by atoms with Crippen molar-refractivity contribution in [2.75, 3.05) is 12.4 Å². The van der Waals surface area contributed by atoms with Crippen LogP contribution in [0.15, 0.2) is 36.8 Å². The minimum atomic E-state index is 0.974. The molecule has 0 atom stereocenters. The maximum absolute atomic E-state index is 4.35. The van der Waals surface area contributed by atoms with Crippen molar-refractivity contribution in [1.82, 2.24) is 9.97 Å². The van der Waals surface area contributed by atoms with Crippen LogP contribution in [0.1, 0.15) is 5.56 Å². The Bertz CT molecular complexity index is 466. The van der Waals surface area contributed by atoms with E-state index >= 15 is 0 Å². The van der Waals surface area contributed by atoms with Gasteiger partial charge in [-0.05, 0) is 30.7 Å². The first kappa shape index (κ1) is 9.65. The number of hydrogen-bond donors (Lipinski definition) is 1. The zero-order valence-electron chi connectivity index (χ0n) is 8.86. The van der Waals surface area contributed by atoms with Gasteiger partial charge in [0.15, 0.2) is 0 Å². The molecule has 1 N–H and O–H groups in total. The highest BCUT2D eigenvalue weighted by Crippen LogP contribution is 2.22. The van der Waals surface area contributed by atoms with E-state index in [1.807, 2.05) is 38.4 Å². The molecule has 3 heteroatoms. The van der Waals surface area contributed by atoms with Crippen LogP contribution in [0.2, 0.25) is 0 Å². The number of aryl methyl sites for hydroxylation is 1. The smallest absolute Gasteiger partial charge is 0.0726 e. The molecule has 0 aliphatic heterocycles. The van der Waals surface area contributed by atoms with Gasteiger partial charge in [-0.1, -0.05) is 0 Å². The average molecular weight is 199 g/mol. The summed E-state index contributed by atoms with van der Waals surface area (Å²) in [5.74, 6) is 0. The summed E-state index contributed by atoms with van der Waals surface area (Å²) in [4.78, 5) is 8.42. The number of aromatic nitrogens is 2. The van der Waals surface area contributed by atoms with Gasteiger partial charge >= 0.3 is 0 Å². The van der Waals surface area contributed by atoms with Crippen molar-refractivity contribution in [3.63, 3.8) is 0 Å². The van der Waals surface area contributed by atoms with E-state index in [-0.39, 0.29) is 0 Å². The van der Waals surface area contributed by atoms with Crippen molar-refractivity contribution in [1.29, 1.82) is 0 Å². The first-order chi connectivity index (χ1) is 7.31. The third kappa shape index (κ3) is 1.96. The highest BCUT2D eigenvalue weighted by molar-refractivity contribution is 5.66. The maximum atomic E-state index is 4.35. The van der Waals surface area contributed by atoms with E-state index in [9.17, 15) is 0 Å². The van der Waals surface area contributed by atoms with Gasteiger partial charge in [-0.3, -0.25) is 9.97 Å². The Labute approximate surface area is 89.2 Å². The molecule has 0 radical (unpaired) electrons. The van der Waals surface area contributed by atoms with Gasteiger partial charge in [0.2, 0.25) is 0 Å². The zero-order chi connectivity index (χ0) is 10.7. The van der Waals surface area contributed by atoms with Gasteiger partial charge in [0.05, 0.1) is 5.69 Å². The molecule has 0 amide bonds. The lowest BCUT2D eigenvalue weighted by Gasteiger charge is -2.06. The molecule has 2 heterocycles. The van der Waals surface area contributed by atoms with Gasteiger partial charge in [-0.2, -0.15) is 0 Å². The quantitative estimate of drug-likeness (QED) is 0.807. The first-order valence-electron chi connectivity index (χ1n) is 4.86. The second-order valence-corrected chi connectivity index (χ2v) is 3.37. The summed E-state index contributed by atoms with van der Waals surface area (Å²) in [6.45, 7) is 2.04. The fourth-order valence-corrected chi connectivity index (χ4v) is 1.49. The van der Waals surface area contributed by atoms with Crippen molar-refractivity contribution in [3.8, 4) is 11.3 Å². The van der Waals surface area contributed by atoms with Gasteiger partial charge in [-0.25, -0.2) is 0 Å². The zero-order valence-corrected chi connectivity index (χ0v) is 8.86. The molecule has 0 bridgehead atoms. The predicted molar refractivity (Wildman–Crippen MR) is 61.8 cm³/mol. The second kappa shape index (κ2) is 4.09. The van der Waals surface area contributed by atoms with Crippen LogP contribution in [0.3, 0.4) is 0 Å². The topological polar surface area (TPSA) is 37.8 Å². The van der Waals surface area contributed by atoms with Crippen molar-refractivity contribution < 1.29 is 0 Å². The second-order valence-electron chi connectivity index (χ2n) is 3.37. The summed E-state index contributed by atoms with van der Waals surface area (Å²) < 4.78 is 0. The average Bonchev–Trinajstić information content (AvgIpc) is 2.30. The number of anilines is 1. The summed E-state index contributed by atoms with van der Waals surface area (Å²) in [6, 6.07) is 5.96.